The second-order valence-electron chi connectivity index (χ2n) is 8.48. The van der Waals surface area contributed by atoms with Crippen LogP contribution in [0.4, 0.5) is 5.69 Å². The van der Waals surface area contributed by atoms with E-state index < -0.39 is 6.04 Å². The lowest BCUT2D eigenvalue weighted by atomic mass is 10.1. The van der Waals surface area contributed by atoms with E-state index in [-0.39, 0.29) is 24.1 Å². The van der Waals surface area contributed by atoms with Crippen LogP contribution in [-0.2, 0) is 16.1 Å². The molecule has 0 unspecified atom stereocenters. The summed E-state index contributed by atoms with van der Waals surface area (Å²) in [5.41, 5.74) is 3.70. The molecule has 0 fully saturated rings. The highest BCUT2D eigenvalue weighted by atomic mass is 16.2. The van der Waals surface area contributed by atoms with Crippen LogP contribution < -0.4 is 10.2 Å². The molecule has 1 heterocycles. The van der Waals surface area contributed by atoms with Crippen LogP contribution >= 0.6 is 0 Å². The molecule has 1 aliphatic heterocycles. The third-order valence-electron chi connectivity index (χ3n) is 6.44. The molecule has 0 aliphatic carbocycles. The summed E-state index contributed by atoms with van der Waals surface area (Å²) in [4.78, 5) is 41.9. The first kappa shape index (κ1) is 22.5. The maximum atomic E-state index is 13.2. The fourth-order valence-electron chi connectivity index (χ4n) is 4.50. The zero-order valence-corrected chi connectivity index (χ0v) is 19.3. The van der Waals surface area contributed by atoms with E-state index in [1.807, 2.05) is 67.6 Å². The largest absolute Gasteiger partial charge is 0.357 e. The van der Waals surface area contributed by atoms with Gasteiger partial charge < -0.3 is 15.1 Å². The fraction of sp³-hybridized carbons (Fsp3) is 0.296. The Morgan fingerprint density at radius 2 is 1.76 bits per heavy atom. The van der Waals surface area contributed by atoms with Crippen LogP contribution in [0.2, 0.25) is 0 Å². The molecule has 0 bridgehead atoms. The predicted octanol–water partition coefficient (Wildman–Crippen LogP) is 4.05. The van der Waals surface area contributed by atoms with Crippen molar-refractivity contribution >= 4 is 34.2 Å². The fourth-order valence-corrected chi connectivity index (χ4v) is 4.50. The van der Waals surface area contributed by atoms with E-state index >= 15 is 0 Å². The number of likely N-dealkylation sites (N-methyl/N-ethyl adjacent to an activating group) is 1. The smallest absolute Gasteiger partial charge is 0.258 e. The Balaban J connectivity index is 1.47. The van der Waals surface area contributed by atoms with Crippen LogP contribution in [-0.4, -0.2) is 42.3 Å². The number of anilines is 1. The Kier molecular flexibility index (Phi) is 6.45. The molecule has 3 amide bonds. The van der Waals surface area contributed by atoms with Crippen molar-refractivity contribution in [2.45, 2.75) is 39.3 Å². The molecule has 0 saturated carbocycles. The van der Waals surface area contributed by atoms with E-state index in [1.54, 1.807) is 23.8 Å². The summed E-state index contributed by atoms with van der Waals surface area (Å²) in [6.07, 6.45) is 0.767. The van der Waals surface area contributed by atoms with Gasteiger partial charge in [0.05, 0.1) is 5.69 Å². The number of benzene rings is 3. The van der Waals surface area contributed by atoms with Crippen LogP contribution in [0.25, 0.3) is 10.8 Å². The van der Waals surface area contributed by atoms with Gasteiger partial charge >= 0.3 is 0 Å². The summed E-state index contributed by atoms with van der Waals surface area (Å²) >= 11 is 0. The highest BCUT2D eigenvalue weighted by molar-refractivity contribution is 6.25. The number of aryl methyl sites for hydroxylation is 1. The van der Waals surface area contributed by atoms with Crippen molar-refractivity contribution in [1.82, 2.24) is 10.2 Å². The van der Waals surface area contributed by atoms with Gasteiger partial charge in [0, 0.05) is 37.5 Å². The third-order valence-corrected chi connectivity index (χ3v) is 6.44. The Morgan fingerprint density at radius 1 is 1.03 bits per heavy atom. The van der Waals surface area contributed by atoms with E-state index in [0.717, 1.165) is 27.6 Å². The third kappa shape index (κ3) is 4.33. The topological polar surface area (TPSA) is 69.7 Å². The van der Waals surface area contributed by atoms with Crippen molar-refractivity contribution in [3.63, 3.8) is 0 Å². The summed E-state index contributed by atoms with van der Waals surface area (Å²) in [6, 6.07) is 19.0. The van der Waals surface area contributed by atoms with Crippen molar-refractivity contribution < 1.29 is 14.4 Å². The molecule has 0 spiro atoms. The highest BCUT2D eigenvalue weighted by Crippen LogP contribution is 2.37. The van der Waals surface area contributed by atoms with Gasteiger partial charge in [0.2, 0.25) is 11.8 Å². The second-order valence-corrected chi connectivity index (χ2v) is 8.48. The number of nitrogens with zero attached hydrogens (tertiary/aromatic N) is 2. The SMILES string of the molecule is CNC(=O)[C@H](C)N(Cc1ccccc1C)C(=O)CCCN1C(=O)c2cccc3cccc1c23. The summed E-state index contributed by atoms with van der Waals surface area (Å²) in [5, 5.41) is 4.66. The van der Waals surface area contributed by atoms with Crippen molar-refractivity contribution in [3.8, 4) is 0 Å². The zero-order valence-electron chi connectivity index (χ0n) is 19.3. The van der Waals surface area contributed by atoms with Crippen LogP contribution in [0.15, 0.2) is 60.7 Å². The Bertz CT molecular complexity index is 1210. The van der Waals surface area contributed by atoms with Gasteiger partial charge in [-0.3, -0.25) is 14.4 Å². The summed E-state index contributed by atoms with van der Waals surface area (Å²) in [7, 11) is 1.58. The molecular weight excluding hydrogens is 414 g/mol. The van der Waals surface area contributed by atoms with Gasteiger partial charge in [-0.15, -0.1) is 0 Å². The average molecular weight is 444 g/mol. The number of hydrogen-bond donors (Lipinski definition) is 1. The van der Waals surface area contributed by atoms with Gasteiger partial charge in [0.15, 0.2) is 0 Å². The molecule has 6 heteroatoms. The quantitative estimate of drug-likeness (QED) is 0.571. The lowest BCUT2D eigenvalue weighted by Crippen LogP contribution is -2.47. The number of hydrogen-bond acceptors (Lipinski definition) is 3. The van der Waals surface area contributed by atoms with E-state index in [2.05, 4.69) is 5.32 Å². The lowest BCUT2D eigenvalue weighted by Gasteiger charge is -2.29. The van der Waals surface area contributed by atoms with E-state index in [4.69, 9.17) is 0 Å². The van der Waals surface area contributed by atoms with Gasteiger partial charge in [-0.2, -0.15) is 0 Å². The zero-order chi connectivity index (χ0) is 23.5. The highest BCUT2D eigenvalue weighted by Gasteiger charge is 2.30. The molecule has 0 aromatic heterocycles. The monoisotopic (exact) mass is 443 g/mol. The normalized spacial score (nSPS) is 13.3. The van der Waals surface area contributed by atoms with Crippen molar-refractivity contribution in [2.24, 2.45) is 0 Å². The molecule has 6 nitrogen and oxygen atoms in total. The van der Waals surface area contributed by atoms with E-state index in [9.17, 15) is 14.4 Å². The van der Waals surface area contributed by atoms with E-state index in [1.165, 1.54) is 0 Å². The first-order chi connectivity index (χ1) is 15.9. The van der Waals surface area contributed by atoms with E-state index in [0.29, 0.717) is 25.1 Å². The number of carbonyl (C=O) groups is 3. The number of amides is 3. The maximum Gasteiger partial charge on any atom is 0.258 e. The van der Waals surface area contributed by atoms with Gasteiger partial charge in [-0.25, -0.2) is 0 Å². The minimum absolute atomic E-state index is 0.0234. The summed E-state index contributed by atoms with van der Waals surface area (Å²) in [5.74, 6) is -0.324. The van der Waals surface area contributed by atoms with Crippen molar-refractivity contribution in [2.75, 3.05) is 18.5 Å². The van der Waals surface area contributed by atoms with Crippen molar-refractivity contribution in [1.29, 1.82) is 0 Å². The molecule has 3 aromatic carbocycles. The standard InChI is InChI=1S/C27H29N3O3/c1-18-9-4-5-10-21(18)17-30(19(2)26(32)28-3)24(31)15-8-16-29-23-14-7-12-20-11-6-13-22(25(20)23)27(29)33/h4-7,9-14,19H,8,15-17H2,1-3H3,(H,28,32)/t19-/m0/s1. The molecule has 3 aromatic rings. The lowest BCUT2D eigenvalue weighted by molar-refractivity contribution is -0.140. The Hall–Kier alpha value is -3.67. The van der Waals surface area contributed by atoms with Crippen LogP contribution in [0.5, 0.6) is 0 Å². The minimum atomic E-state index is -0.589. The molecule has 1 N–H and O–H groups in total. The predicted molar refractivity (Wildman–Crippen MR) is 130 cm³/mol. The van der Waals surface area contributed by atoms with Gasteiger partial charge in [-0.1, -0.05) is 48.5 Å². The van der Waals surface area contributed by atoms with Gasteiger partial charge in [0.25, 0.3) is 5.91 Å². The summed E-state index contributed by atoms with van der Waals surface area (Å²) < 4.78 is 0. The van der Waals surface area contributed by atoms with Crippen LogP contribution in [0.3, 0.4) is 0 Å². The minimum Gasteiger partial charge on any atom is -0.357 e. The number of carbonyl (C=O) groups excluding carboxylic acids is 3. The van der Waals surface area contributed by atoms with Crippen LogP contribution in [0.1, 0.15) is 41.3 Å². The van der Waals surface area contributed by atoms with Crippen molar-refractivity contribution in [3.05, 3.63) is 77.4 Å². The Labute approximate surface area is 194 Å². The molecule has 170 valence electrons. The average Bonchev–Trinajstić information content (AvgIpc) is 3.10. The molecular formula is C27H29N3O3. The molecule has 1 atom stereocenters. The first-order valence-corrected chi connectivity index (χ1v) is 11.3. The molecule has 0 saturated heterocycles. The Morgan fingerprint density at radius 3 is 2.48 bits per heavy atom. The molecule has 4 rings (SSSR count). The molecule has 0 radical (unpaired) electrons. The second kappa shape index (κ2) is 9.45. The van der Waals surface area contributed by atoms with Crippen LogP contribution in [0, 0.1) is 6.92 Å². The summed E-state index contributed by atoms with van der Waals surface area (Å²) in [6.45, 7) is 4.56. The first-order valence-electron chi connectivity index (χ1n) is 11.3. The molecule has 1 aliphatic rings. The van der Waals surface area contributed by atoms with Gasteiger partial charge in [-0.05, 0) is 48.9 Å². The maximum absolute atomic E-state index is 13.2. The number of rotatable bonds is 8. The number of nitrogens with one attached hydrogen (secondary N) is 1. The molecule has 33 heavy (non-hydrogen) atoms. The van der Waals surface area contributed by atoms with Gasteiger partial charge in [0.1, 0.15) is 6.04 Å².